The molecule has 0 spiro atoms. The minimum absolute atomic E-state index is 0.178. The summed E-state index contributed by atoms with van der Waals surface area (Å²) in [7, 11) is 0. The third-order valence-corrected chi connectivity index (χ3v) is 2.92. The molecule has 1 aromatic carbocycles. The van der Waals surface area contributed by atoms with Crippen LogP contribution in [0.2, 0.25) is 5.02 Å². The lowest BCUT2D eigenvalue weighted by Crippen LogP contribution is -2.12. The summed E-state index contributed by atoms with van der Waals surface area (Å²) >= 11 is 5.82. The lowest BCUT2D eigenvalue weighted by atomic mass is 10.2. The highest BCUT2D eigenvalue weighted by molar-refractivity contribution is 6.30. The zero-order valence-electron chi connectivity index (χ0n) is 10.7. The summed E-state index contributed by atoms with van der Waals surface area (Å²) in [6.07, 6.45) is 4.23. The van der Waals surface area contributed by atoms with Gasteiger partial charge in [0.1, 0.15) is 6.26 Å². The van der Waals surface area contributed by atoms with Gasteiger partial charge in [0.15, 0.2) is 5.69 Å². The minimum atomic E-state index is -0.382. The van der Waals surface area contributed by atoms with E-state index in [4.69, 9.17) is 16.0 Å². The molecule has 0 unspecified atom stereocenters. The Morgan fingerprint density at radius 2 is 1.95 bits per heavy atom. The van der Waals surface area contributed by atoms with E-state index in [0.717, 1.165) is 5.56 Å². The number of oxazole rings is 1. The second kappa shape index (κ2) is 5.72. The van der Waals surface area contributed by atoms with E-state index in [1.165, 1.54) is 18.7 Å². The van der Waals surface area contributed by atoms with E-state index in [9.17, 15) is 4.79 Å². The van der Waals surface area contributed by atoms with E-state index in [2.05, 4.69) is 20.5 Å². The molecule has 0 aliphatic carbocycles. The number of hydrogen-bond acceptors (Lipinski definition) is 5. The number of carbonyl (C=O) groups excluding carboxylic acids is 1. The van der Waals surface area contributed by atoms with Crippen molar-refractivity contribution in [2.24, 2.45) is 0 Å². The Hall–Kier alpha value is -2.73. The Bertz CT molecular complexity index is 756. The molecule has 1 N–H and O–H groups in total. The van der Waals surface area contributed by atoms with E-state index >= 15 is 0 Å². The zero-order chi connectivity index (χ0) is 14.7. The standard InChI is InChI=1S/C14H9ClN4O2/c15-10-3-1-9(2-4-10)14-19-12(8-21-14)13(20)18-11-5-6-16-17-7-11/h1-8H,(H,16,18,20). The summed E-state index contributed by atoms with van der Waals surface area (Å²) in [5, 5.41) is 10.6. The molecule has 104 valence electrons. The second-order valence-corrected chi connectivity index (χ2v) is 4.57. The van der Waals surface area contributed by atoms with Crippen LogP contribution in [0, 0.1) is 0 Å². The Labute approximate surface area is 124 Å². The number of hydrogen-bond donors (Lipinski definition) is 1. The molecule has 2 aromatic heterocycles. The van der Waals surface area contributed by atoms with Crippen LogP contribution < -0.4 is 5.32 Å². The third kappa shape index (κ3) is 3.06. The fourth-order valence-corrected chi connectivity index (χ4v) is 1.79. The molecular formula is C14H9ClN4O2. The van der Waals surface area contributed by atoms with Crippen LogP contribution in [0.25, 0.3) is 11.5 Å². The fourth-order valence-electron chi connectivity index (χ4n) is 1.66. The van der Waals surface area contributed by atoms with Crippen LogP contribution in [-0.2, 0) is 0 Å². The van der Waals surface area contributed by atoms with Gasteiger partial charge in [-0.1, -0.05) is 11.6 Å². The van der Waals surface area contributed by atoms with Crippen LogP contribution in [0.5, 0.6) is 0 Å². The molecule has 3 aromatic rings. The van der Waals surface area contributed by atoms with Crippen LogP contribution in [0.15, 0.2) is 53.4 Å². The number of benzene rings is 1. The molecule has 6 nitrogen and oxygen atoms in total. The average Bonchev–Trinajstić information content (AvgIpc) is 2.99. The van der Waals surface area contributed by atoms with E-state index in [1.54, 1.807) is 30.3 Å². The molecule has 1 amide bonds. The predicted octanol–water partition coefficient (Wildman–Crippen LogP) is 3.04. The SMILES string of the molecule is O=C(Nc1ccnnc1)c1coc(-c2ccc(Cl)cc2)n1. The number of nitrogens with zero attached hydrogens (tertiary/aromatic N) is 3. The molecule has 3 rings (SSSR count). The molecule has 0 bridgehead atoms. The maximum Gasteiger partial charge on any atom is 0.277 e. The van der Waals surface area contributed by atoms with Crippen molar-refractivity contribution in [1.29, 1.82) is 0 Å². The number of amides is 1. The van der Waals surface area contributed by atoms with Crippen molar-refractivity contribution in [3.05, 3.63) is 59.7 Å². The summed E-state index contributed by atoms with van der Waals surface area (Å²) in [6, 6.07) is 8.61. The third-order valence-electron chi connectivity index (χ3n) is 2.67. The van der Waals surface area contributed by atoms with Crippen LogP contribution in [0.3, 0.4) is 0 Å². The van der Waals surface area contributed by atoms with Gasteiger partial charge in [0.05, 0.1) is 18.1 Å². The largest absolute Gasteiger partial charge is 0.444 e. The Balaban J connectivity index is 1.78. The first kappa shape index (κ1) is 13.3. The van der Waals surface area contributed by atoms with Gasteiger partial charge in [-0.3, -0.25) is 4.79 Å². The second-order valence-electron chi connectivity index (χ2n) is 4.13. The van der Waals surface area contributed by atoms with E-state index in [-0.39, 0.29) is 11.6 Å². The van der Waals surface area contributed by atoms with E-state index in [0.29, 0.717) is 16.6 Å². The summed E-state index contributed by atoms with van der Waals surface area (Å²) in [5.41, 5.74) is 1.45. The van der Waals surface area contributed by atoms with Gasteiger partial charge < -0.3 is 9.73 Å². The maximum atomic E-state index is 12.0. The molecule has 21 heavy (non-hydrogen) atoms. The summed E-state index contributed by atoms with van der Waals surface area (Å²) in [6.45, 7) is 0. The van der Waals surface area contributed by atoms with Crippen molar-refractivity contribution in [1.82, 2.24) is 15.2 Å². The zero-order valence-corrected chi connectivity index (χ0v) is 11.4. The number of anilines is 1. The first-order chi connectivity index (χ1) is 10.2. The van der Waals surface area contributed by atoms with E-state index in [1.807, 2.05) is 0 Å². The van der Waals surface area contributed by atoms with Gasteiger partial charge in [0.25, 0.3) is 5.91 Å². The van der Waals surface area contributed by atoms with Crippen molar-refractivity contribution in [3.63, 3.8) is 0 Å². The highest BCUT2D eigenvalue weighted by atomic mass is 35.5. The predicted molar refractivity (Wildman–Crippen MR) is 76.9 cm³/mol. The van der Waals surface area contributed by atoms with Crippen molar-refractivity contribution >= 4 is 23.2 Å². The van der Waals surface area contributed by atoms with E-state index < -0.39 is 0 Å². The maximum absolute atomic E-state index is 12.0. The number of aromatic nitrogens is 3. The fraction of sp³-hybridized carbons (Fsp3) is 0. The van der Waals surface area contributed by atoms with Gasteiger partial charge >= 0.3 is 0 Å². The minimum Gasteiger partial charge on any atom is -0.444 e. The number of nitrogens with one attached hydrogen (secondary N) is 1. The lowest BCUT2D eigenvalue weighted by Gasteiger charge is -2.00. The highest BCUT2D eigenvalue weighted by Crippen LogP contribution is 2.21. The summed E-state index contributed by atoms with van der Waals surface area (Å²) in [5.74, 6) is -0.0309. The highest BCUT2D eigenvalue weighted by Gasteiger charge is 2.13. The topological polar surface area (TPSA) is 80.9 Å². The van der Waals surface area contributed by atoms with Gasteiger partial charge in [-0.15, -0.1) is 0 Å². The molecule has 2 heterocycles. The smallest absolute Gasteiger partial charge is 0.277 e. The van der Waals surface area contributed by atoms with Crippen LogP contribution >= 0.6 is 11.6 Å². The molecule has 0 fully saturated rings. The molecule has 0 aliphatic rings. The molecule has 0 radical (unpaired) electrons. The first-order valence-electron chi connectivity index (χ1n) is 6.02. The lowest BCUT2D eigenvalue weighted by molar-refractivity contribution is 0.102. The van der Waals surface area contributed by atoms with Gasteiger partial charge in [-0.25, -0.2) is 4.98 Å². The number of halogens is 1. The summed E-state index contributed by atoms with van der Waals surface area (Å²) in [4.78, 5) is 16.2. The number of rotatable bonds is 3. The van der Waals surface area contributed by atoms with Crippen LogP contribution in [0.1, 0.15) is 10.5 Å². The van der Waals surface area contributed by atoms with Gasteiger partial charge in [0, 0.05) is 10.6 Å². The average molecular weight is 301 g/mol. The van der Waals surface area contributed by atoms with Gasteiger partial charge in [-0.2, -0.15) is 10.2 Å². The molecule has 0 aliphatic heterocycles. The molecule has 7 heteroatoms. The Morgan fingerprint density at radius 3 is 2.67 bits per heavy atom. The van der Waals surface area contributed by atoms with Crippen molar-refractivity contribution in [3.8, 4) is 11.5 Å². The molecular weight excluding hydrogens is 292 g/mol. The number of carbonyl (C=O) groups is 1. The molecule has 0 saturated carbocycles. The first-order valence-corrected chi connectivity index (χ1v) is 6.40. The van der Waals surface area contributed by atoms with Gasteiger partial charge in [-0.05, 0) is 30.3 Å². The van der Waals surface area contributed by atoms with Gasteiger partial charge in [0.2, 0.25) is 5.89 Å². The molecule has 0 atom stereocenters. The monoisotopic (exact) mass is 300 g/mol. The van der Waals surface area contributed by atoms with Crippen molar-refractivity contribution < 1.29 is 9.21 Å². The summed E-state index contributed by atoms with van der Waals surface area (Å²) < 4.78 is 5.31. The molecule has 0 saturated heterocycles. The van der Waals surface area contributed by atoms with Crippen molar-refractivity contribution in [2.45, 2.75) is 0 Å². The van der Waals surface area contributed by atoms with Crippen LogP contribution in [-0.4, -0.2) is 21.1 Å². The van der Waals surface area contributed by atoms with Crippen LogP contribution in [0.4, 0.5) is 5.69 Å². The normalized spacial score (nSPS) is 10.3. The van der Waals surface area contributed by atoms with Crippen molar-refractivity contribution in [2.75, 3.05) is 5.32 Å². The quantitative estimate of drug-likeness (QED) is 0.804. The Kier molecular flexibility index (Phi) is 3.61. The Morgan fingerprint density at radius 1 is 1.14 bits per heavy atom.